The summed E-state index contributed by atoms with van der Waals surface area (Å²) in [5.74, 6) is -10.4. The van der Waals surface area contributed by atoms with Gasteiger partial charge in [0.2, 0.25) is 11.8 Å². The lowest BCUT2D eigenvalue weighted by atomic mass is 10.1. The van der Waals surface area contributed by atoms with E-state index in [4.69, 9.17) is 0 Å². The molecule has 1 aliphatic heterocycles. The Kier molecular flexibility index (Phi) is 3.92. The SMILES string of the molecule is O=C1CCC(NC(=O)c2cc(F)c(F)c(F)c2F)C(=O)N1. The number of halogens is 4. The summed E-state index contributed by atoms with van der Waals surface area (Å²) in [4.78, 5) is 34.0. The first-order valence-electron chi connectivity index (χ1n) is 5.78. The monoisotopic (exact) mass is 304 g/mol. The maximum absolute atomic E-state index is 13.4. The average molecular weight is 304 g/mol. The lowest BCUT2D eigenvalue weighted by Gasteiger charge is -2.21. The summed E-state index contributed by atoms with van der Waals surface area (Å²) >= 11 is 0. The molecule has 0 saturated carbocycles. The van der Waals surface area contributed by atoms with Crippen LogP contribution < -0.4 is 10.6 Å². The minimum absolute atomic E-state index is 0.0375. The number of carbonyl (C=O) groups excluding carboxylic acids is 3. The predicted octanol–water partition coefficient (Wildman–Crippen LogP) is 0.778. The van der Waals surface area contributed by atoms with Crippen molar-refractivity contribution >= 4 is 17.7 Å². The maximum Gasteiger partial charge on any atom is 0.255 e. The number of imide groups is 1. The van der Waals surface area contributed by atoms with Crippen LogP contribution in [-0.4, -0.2) is 23.8 Å². The molecular formula is C12H8F4N2O3. The van der Waals surface area contributed by atoms with Crippen molar-refractivity contribution < 1.29 is 31.9 Å². The quantitative estimate of drug-likeness (QED) is 0.367. The van der Waals surface area contributed by atoms with Crippen molar-refractivity contribution in [2.45, 2.75) is 18.9 Å². The molecule has 2 N–H and O–H groups in total. The third-order valence-corrected chi connectivity index (χ3v) is 2.89. The molecule has 1 aromatic rings. The van der Waals surface area contributed by atoms with Gasteiger partial charge in [-0.3, -0.25) is 19.7 Å². The van der Waals surface area contributed by atoms with Crippen LogP contribution >= 0.6 is 0 Å². The van der Waals surface area contributed by atoms with Gasteiger partial charge in [-0.1, -0.05) is 0 Å². The maximum atomic E-state index is 13.4. The Hall–Kier alpha value is -2.45. The van der Waals surface area contributed by atoms with Crippen molar-refractivity contribution in [3.05, 3.63) is 34.9 Å². The molecule has 0 aromatic heterocycles. The van der Waals surface area contributed by atoms with Crippen molar-refractivity contribution in [2.24, 2.45) is 0 Å². The van der Waals surface area contributed by atoms with E-state index in [-0.39, 0.29) is 18.9 Å². The Bertz CT molecular complexity index is 648. The number of rotatable bonds is 2. The summed E-state index contributed by atoms with van der Waals surface area (Å²) in [6.07, 6.45) is -0.0878. The highest BCUT2D eigenvalue weighted by molar-refractivity contribution is 6.03. The van der Waals surface area contributed by atoms with Crippen LogP contribution in [0.1, 0.15) is 23.2 Å². The first-order valence-corrected chi connectivity index (χ1v) is 5.78. The molecule has 3 amide bonds. The molecule has 1 aliphatic rings. The van der Waals surface area contributed by atoms with Crippen molar-refractivity contribution in [1.29, 1.82) is 0 Å². The second kappa shape index (κ2) is 5.51. The molecule has 0 aliphatic carbocycles. The molecule has 1 fully saturated rings. The van der Waals surface area contributed by atoms with Crippen molar-refractivity contribution in [1.82, 2.24) is 10.6 Å². The molecule has 1 heterocycles. The molecule has 21 heavy (non-hydrogen) atoms. The highest BCUT2D eigenvalue weighted by atomic mass is 19.2. The molecule has 9 heteroatoms. The van der Waals surface area contributed by atoms with Gasteiger partial charge in [0.1, 0.15) is 6.04 Å². The molecule has 1 saturated heterocycles. The van der Waals surface area contributed by atoms with Gasteiger partial charge in [-0.05, 0) is 12.5 Å². The number of hydrogen-bond acceptors (Lipinski definition) is 3. The number of carbonyl (C=O) groups is 3. The zero-order valence-corrected chi connectivity index (χ0v) is 10.3. The number of benzene rings is 1. The van der Waals surface area contributed by atoms with Crippen LogP contribution in [0.3, 0.4) is 0 Å². The zero-order valence-electron chi connectivity index (χ0n) is 10.3. The number of hydrogen-bond donors (Lipinski definition) is 2. The Balaban J connectivity index is 2.22. The van der Waals surface area contributed by atoms with E-state index < -0.39 is 52.6 Å². The summed E-state index contributed by atoms with van der Waals surface area (Å²) < 4.78 is 52.2. The van der Waals surface area contributed by atoms with E-state index in [9.17, 15) is 31.9 Å². The Morgan fingerprint density at radius 3 is 2.43 bits per heavy atom. The molecular weight excluding hydrogens is 296 g/mol. The fraction of sp³-hybridized carbons (Fsp3) is 0.250. The van der Waals surface area contributed by atoms with Crippen LogP contribution in [0.15, 0.2) is 6.07 Å². The highest BCUT2D eigenvalue weighted by Gasteiger charge is 2.30. The molecule has 0 bridgehead atoms. The van der Waals surface area contributed by atoms with E-state index in [1.807, 2.05) is 10.6 Å². The van der Waals surface area contributed by atoms with E-state index in [2.05, 4.69) is 0 Å². The van der Waals surface area contributed by atoms with E-state index in [1.165, 1.54) is 0 Å². The summed E-state index contributed by atoms with van der Waals surface area (Å²) in [7, 11) is 0. The van der Waals surface area contributed by atoms with Gasteiger partial charge >= 0.3 is 0 Å². The fourth-order valence-corrected chi connectivity index (χ4v) is 1.81. The average Bonchev–Trinajstić information content (AvgIpc) is 2.43. The van der Waals surface area contributed by atoms with Gasteiger partial charge < -0.3 is 5.32 Å². The van der Waals surface area contributed by atoms with Crippen LogP contribution in [0.5, 0.6) is 0 Å². The minimum Gasteiger partial charge on any atom is -0.340 e. The summed E-state index contributed by atoms with van der Waals surface area (Å²) in [6.45, 7) is 0. The van der Waals surface area contributed by atoms with Gasteiger partial charge in [0.25, 0.3) is 5.91 Å². The van der Waals surface area contributed by atoms with E-state index in [0.29, 0.717) is 0 Å². The number of nitrogens with one attached hydrogen (secondary N) is 2. The molecule has 5 nitrogen and oxygen atoms in total. The molecule has 1 unspecified atom stereocenters. The van der Waals surface area contributed by atoms with Gasteiger partial charge in [0.05, 0.1) is 5.56 Å². The van der Waals surface area contributed by atoms with Gasteiger partial charge in [-0.15, -0.1) is 0 Å². The summed E-state index contributed by atoms with van der Waals surface area (Å²) in [6, 6.07) is -0.958. The lowest BCUT2D eigenvalue weighted by Crippen LogP contribution is -2.52. The van der Waals surface area contributed by atoms with Crippen molar-refractivity contribution in [3.63, 3.8) is 0 Å². The molecule has 2 rings (SSSR count). The van der Waals surface area contributed by atoms with Gasteiger partial charge in [0.15, 0.2) is 23.3 Å². The van der Waals surface area contributed by atoms with Gasteiger partial charge in [-0.25, -0.2) is 17.6 Å². The summed E-state index contributed by atoms with van der Waals surface area (Å²) in [5.41, 5.74) is -1.07. The molecule has 1 atom stereocenters. The third-order valence-electron chi connectivity index (χ3n) is 2.89. The normalized spacial score (nSPS) is 18.4. The molecule has 112 valence electrons. The van der Waals surface area contributed by atoms with Crippen LogP contribution in [0, 0.1) is 23.3 Å². The molecule has 0 radical (unpaired) electrons. The number of piperidine rings is 1. The number of amides is 3. The predicted molar refractivity (Wildman–Crippen MR) is 59.9 cm³/mol. The van der Waals surface area contributed by atoms with E-state index >= 15 is 0 Å². The second-order valence-electron chi connectivity index (χ2n) is 4.33. The largest absolute Gasteiger partial charge is 0.340 e. The summed E-state index contributed by atoms with van der Waals surface area (Å²) in [5, 5.41) is 3.96. The standard InChI is InChI=1S/C12H8F4N2O3/c13-5-3-4(8(14)10(16)9(5)15)11(20)17-6-1-2-7(19)18-12(6)21/h3,6H,1-2H2,(H,17,20)(H,18,19,21). The van der Waals surface area contributed by atoms with Crippen LogP contribution in [0.4, 0.5) is 17.6 Å². The third kappa shape index (κ3) is 2.86. The highest BCUT2D eigenvalue weighted by Crippen LogP contribution is 2.19. The Labute approximate surface area is 115 Å². The minimum atomic E-state index is -2.12. The lowest BCUT2D eigenvalue weighted by molar-refractivity contribution is -0.134. The Morgan fingerprint density at radius 2 is 1.81 bits per heavy atom. The fourth-order valence-electron chi connectivity index (χ4n) is 1.81. The smallest absolute Gasteiger partial charge is 0.255 e. The van der Waals surface area contributed by atoms with E-state index in [1.54, 1.807) is 0 Å². The van der Waals surface area contributed by atoms with Gasteiger partial charge in [-0.2, -0.15) is 0 Å². The zero-order chi connectivity index (χ0) is 15.7. The van der Waals surface area contributed by atoms with Crippen LogP contribution in [-0.2, 0) is 9.59 Å². The van der Waals surface area contributed by atoms with Crippen molar-refractivity contribution in [3.8, 4) is 0 Å². The van der Waals surface area contributed by atoms with E-state index in [0.717, 1.165) is 0 Å². The van der Waals surface area contributed by atoms with Gasteiger partial charge in [0, 0.05) is 6.42 Å². The first-order chi connectivity index (χ1) is 9.81. The van der Waals surface area contributed by atoms with Crippen LogP contribution in [0.25, 0.3) is 0 Å². The van der Waals surface area contributed by atoms with Crippen molar-refractivity contribution in [2.75, 3.05) is 0 Å². The second-order valence-corrected chi connectivity index (χ2v) is 4.33. The first kappa shape index (κ1) is 14.9. The Morgan fingerprint density at radius 1 is 1.14 bits per heavy atom. The topological polar surface area (TPSA) is 75.3 Å². The molecule has 1 aromatic carbocycles. The van der Waals surface area contributed by atoms with Crippen LogP contribution in [0.2, 0.25) is 0 Å². The molecule has 0 spiro atoms.